The van der Waals surface area contributed by atoms with E-state index < -0.39 is 0 Å². The summed E-state index contributed by atoms with van der Waals surface area (Å²) in [7, 11) is 1.62. The largest absolute Gasteiger partial charge is 0.497 e. The van der Waals surface area contributed by atoms with E-state index in [1.54, 1.807) is 12.0 Å². The highest BCUT2D eigenvalue weighted by Gasteiger charge is 2.16. The number of nitrogens with zero attached hydrogens (tertiary/aromatic N) is 3. The number of amides is 2. The maximum Gasteiger partial charge on any atom is 0.227 e. The molecule has 32 heavy (non-hydrogen) atoms. The molecule has 0 saturated heterocycles. The predicted octanol–water partition coefficient (Wildman–Crippen LogP) is 4.76. The van der Waals surface area contributed by atoms with Crippen molar-refractivity contribution < 1.29 is 14.3 Å². The fourth-order valence-corrected chi connectivity index (χ4v) is 3.89. The summed E-state index contributed by atoms with van der Waals surface area (Å²) in [6.07, 6.45) is 2.49. The highest BCUT2D eigenvalue weighted by Crippen LogP contribution is 2.27. The first kappa shape index (κ1) is 23.4. The molecule has 8 heteroatoms. The van der Waals surface area contributed by atoms with Crippen LogP contribution in [0.3, 0.4) is 0 Å². The summed E-state index contributed by atoms with van der Waals surface area (Å²) in [5.74, 6) is 0.644. The highest BCUT2D eigenvalue weighted by atomic mass is 32.1. The molecule has 0 unspecified atom stereocenters. The number of anilines is 1. The minimum Gasteiger partial charge on any atom is -0.497 e. The second kappa shape index (κ2) is 12.0. The number of unbranched alkanes of at least 4 members (excludes halogenated alkanes) is 1. The molecule has 0 aliphatic rings. The molecule has 3 rings (SSSR count). The topological polar surface area (TPSA) is 84.4 Å². The van der Waals surface area contributed by atoms with E-state index in [0.29, 0.717) is 29.6 Å². The first-order chi connectivity index (χ1) is 15.6. The van der Waals surface area contributed by atoms with Gasteiger partial charge in [0.15, 0.2) is 0 Å². The van der Waals surface area contributed by atoms with Gasteiger partial charge in [0, 0.05) is 31.5 Å². The van der Waals surface area contributed by atoms with Crippen LogP contribution in [0.2, 0.25) is 0 Å². The first-order valence-corrected chi connectivity index (χ1v) is 11.5. The lowest BCUT2D eigenvalue weighted by Crippen LogP contribution is -2.33. The molecule has 0 radical (unpaired) electrons. The van der Waals surface area contributed by atoms with Crippen LogP contribution in [0.25, 0.3) is 10.6 Å². The number of methoxy groups -OCH3 is 1. The molecular formula is C24H28N4O3S. The van der Waals surface area contributed by atoms with Gasteiger partial charge in [-0.2, -0.15) is 0 Å². The summed E-state index contributed by atoms with van der Waals surface area (Å²) in [6, 6.07) is 17.3. The second-order valence-corrected chi connectivity index (χ2v) is 8.32. The van der Waals surface area contributed by atoms with Crippen molar-refractivity contribution in [2.24, 2.45) is 0 Å². The molecule has 0 saturated carbocycles. The molecule has 0 bridgehead atoms. The lowest BCUT2D eigenvalue weighted by Gasteiger charge is -2.22. The molecule has 7 nitrogen and oxygen atoms in total. The number of carbonyl (C=O) groups is 2. The second-order valence-electron chi connectivity index (χ2n) is 7.34. The summed E-state index contributed by atoms with van der Waals surface area (Å²) in [5, 5.41) is 12.2. The average Bonchev–Trinajstić information content (AvgIpc) is 3.29. The number of rotatable bonds is 11. The van der Waals surface area contributed by atoms with Crippen molar-refractivity contribution in [1.29, 1.82) is 0 Å². The maximum atomic E-state index is 12.6. The van der Waals surface area contributed by atoms with E-state index in [2.05, 4.69) is 22.4 Å². The van der Waals surface area contributed by atoms with E-state index in [-0.39, 0.29) is 18.2 Å². The van der Waals surface area contributed by atoms with Gasteiger partial charge in [-0.25, -0.2) is 0 Å². The zero-order valence-electron chi connectivity index (χ0n) is 18.4. The zero-order chi connectivity index (χ0) is 22.8. The molecule has 168 valence electrons. The molecule has 0 spiro atoms. The van der Waals surface area contributed by atoms with Crippen molar-refractivity contribution in [3.63, 3.8) is 0 Å². The fraction of sp³-hybridized carbons (Fsp3) is 0.333. The molecule has 1 N–H and O–H groups in total. The normalized spacial score (nSPS) is 10.6. The Balaban J connectivity index is 1.57. The van der Waals surface area contributed by atoms with Crippen LogP contribution in [0, 0.1) is 0 Å². The van der Waals surface area contributed by atoms with Gasteiger partial charge >= 0.3 is 0 Å². The number of ether oxygens (including phenoxy) is 1. The summed E-state index contributed by atoms with van der Waals surface area (Å²) < 4.78 is 5.17. The third-order valence-corrected chi connectivity index (χ3v) is 5.82. The molecule has 1 aromatic heterocycles. The van der Waals surface area contributed by atoms with Gasteiger partial charge in [-0.15, -0.1) is 10.2 Å². The SMILES string of the molecule is CCCCC(=O)N(CCC(=O)Nc1nnc(-c2ccc(OC)cc2)s1)Cc1ccccc1. The Morgan fingerprint density at radius 3 is 2.47 bits per heavy atom. The summed E-state index contributed by atoms with van der Waals surface area (Å²) >= 11 is 1.31. The molecule has 3 aromatic rings. The van der Waals surface area contributed by atoms with Gasteiger partial charge in [0.1, 0.15) is 10.8 Å². The van der Waals surface area contributed by atoms with Gasteiger partial charge in [-0.3, -0.25) is 9.59 Å². The molecule has 0 aliphatic carbocycles. The molecular weight excluding hydrogens is 424 g/mol. The number of hydrogen-bond acceptors (Lipinski definition) is 6. The number of benzene rings is 2. The molecule has 2 amide bonds. The number of hydrogen-bond donors (Lipinski definition) is 1. The van der Waals surface area contributed by atoms with Crippen molar-refractivity contribution in [2.45, 2.75) is 39.2 Å². The minimum atomic E-state index is -0.191. The van der Waals surface area contributed by atoms with Crippen LogP contribution in [0.4, 0.5) is 5.13 Å². The van der Waals surface area contributed by atoms with Gasteiger partial charge in [0.2, 0.25) is 16.9 Å². The Labute approximate surface area is 192 Å². The quantitative estimate of drug-likeness (QED) is 0.453. The van der Waals surface area contributed by atoms with E-state index in [9.17, 15) is 9.59 Å². The first-order valence-electron chi connectivity index (χ1n) is 10.7. The smallest absolute Gasteiger partial charge is 0.227 e. The average molecular weight is 453 g/mol. The summed E-state index contributed by atoms with van der Waals surface area (Å²) in [5.41, 5.74) is 1.95. The zero-order valence-corrected chi connectivity index (χ0v) is 19.2. The molecule has 0 atom stereocenters. The van der Waals surface area contributed by atoms with Crippen molar-refractivity contribution >= 4 is 28.3 Å². The van der Waals surface area contributed by atoms with Crippen molar-refractivity contribution in [1.82, 2.24) is 15.1 Å². The number of nitrogens with one attached hydrogen (secondary N) is 1. The van der Waals surface area contributed by atoms with E-state index in [1.807, 2.05) is 54.6 Å². The van der Waals surface area contributed by atoms with Crippen LogP contribution in [-0.4, -0.2) is 40.6 Å². The minimum absolute atomic E-state index is 0.0706. The molecule has 0 aliphatic heterocycles. The van der Waals surface area contributed by atoms with E-state index in [0.717, 1.165) is 29.7 Å². The van der Waals surface area contributed by atoms with Crippen LogP contribution >= 0.6 is 11.3 Å². The Hall–Kier alpha value is -3.26. The van der Waals surface area contributed by atoms with Crippen LogP contribution in [0.5, 0.6) is 5.75 Å². The van der Waals surface area contributed by atoms with E-state index in [1.165, 1.54) is 11.3 Å². The highest BCUT2D eigenvalue weighted by molar-refractivity contribution is 7.18. The van der Waals surface area contributed by atoms with Gasteiger partial charge in [0.25, 0.3) is 0 Å². The van der Waals surface area contributed by atoms with E-state index in [4.69, 9.17) is 4.74 Å². The summed E-state index contributed by atoms with van der Waals surface area (Å²) in [4.78, 5) is 26.9. The van der Waals surface area contributed by atoms with Crippen LogP contribution in [0.1, 0.15) is 38.2 Å². The van der Waals surface area contributed by atoms with Crippen LogP contribution in [0.15, 0.2) is 54.6 Å². The van der Waals surface area contributed by atoms with Gasteiger partial charge in [-0.05, 0) is 36.2 Å². The lowest BCUT2D eigenvalue weighted by atomic mass is 10.1. The third-order valence-electron chi connectivity index (χ3n) is 4.93. The Kier molecular flexibility index (Phi) is 8.74. The number of aromatic nitrogens is 2. The van der Waals surface area contributed by atoms with Crippen molar-refractivity contribution in [2.75, 3.05) is 19.0 Å². The standard InChI is InChI=1S/C24H28N4O3S/c1-3-4-10-22(30)28(17-18-8-6-5-7-9-18)16-15-21(29)25-24-27-26-23(32-24)19-11-13-20(31-2)14-12-19/h5-9,11-14H,3-4,10,15-17H2,1-2H3,(H,25,27,29). The number of carbonyl (C=O) groups excluding carboxylic acids is 2. The monoisotopic (exact) mass is 452 g/mol. The molecule has 2 aromatic carbocycles. The Morgan fingerprint density at radius 2 is 1.78 bits per heavy atom. The van der Waals surface area contributed by atoms with Gasteiger partial charge in [0.05, 0.1) is 7.11 Å². The van der Waals surface area contributed by atoms with E-state index >= 15 is 0 Å². The van der Waals surface area contributed by atoms with Crippen molar-refractivity contribution in [3.8, 4) is 16.3 Å². The maximum absolute atomic E-state index is 12.6. The molecule has 1 heterocycles. The van der Waals surface area contributed by atoms with Gasteiger partial charge < -0.3 is 15.0 Å². The van der Waals surface area contributed by atoms with Crippen LogP contribution < -0.4 is 10.1 Å². The van der Waals surface area contributed by atoms with Crippen molar-refractivity contribution in [3.05, 3.63) is 60.2 Å². The fourth-order valence-electron chi connectivity index (χ4n) is 3.12. The predicted molar refractivity (Wildman–Crippen MR) is 127 cm³/mol. The Morgan fingerprint density at radius 1 is 1.03 bits per heavy atom. The third kappa shape index (κ3) is 6.88. The lowest BCUT2D eigenvalue weighted by molar-refractivity contribution is -0.132. The Bertz CT molecular complexity index is 1010. The molecule has 0 fully saturated rings. The van der Waals surface area contributed by atoms with Gasteiger partial charge in [-0.1, -0.05) is 55.0 Å². The van der Waals surface area contributed by atoms with Crippen LogP contribution in [-0.2, 0) is 16.1 Å². The summed E-state index contributed by atoms with van der Waals surface area (Å²) in [6.45, 7) is 2.91.